The van der Waals surface area contributed by atoms with Crippen molar-refractivity contribution in [1.82, 2.24) is 0 Å². The Morgan fingerprint density at radius 2 is 1.31 bits per heavy atom. The predicted octanol–water partition coefficient (Wildman–Crippen LogP) is 5.03. The molecular formula is C8H2Cl2F6. The predicted molar refractivity (Wildman–Crippen MR) is 46.5 cm³/mol. The number of alkyl halides is 6. The molecule has 90 valence electrons. The van der Waals surface area contributed by atoms with Crippen LogP contribution in [0.15, 0.2) is 12.1 Å². The Hall–Kier alpha value is -0.620. The molecule has 8 heteroatoms. The Morgan fingerprint density at radius 1 is 0.812 bits per heavy atom. The minimum atomic E-state index is -5.19. The van der Waals surface area contributed by atoms with Crippen molar-refractivity contribution in [1.29, 1.82) is 0 Å². The van der Waals surface area contributed by atoms with Crippen molar-refractivity contribution in [3.05, 3.63) is 33.3 Å². The minimum Gasteiger partial charge on any atom is -0.166 e. The van der Waals surface area contributed by atoms with Crippen LogP contribution in [-0.2, 0) is 12.4 Å². The maximum atomic E-state index is 12.3. The zero-order chi connectivity index (χ0) is 12.7. The van der Waals surface area contributed by atoms with Crippen molar-refractivity contribution in [2.24, 2.45) is 0 Å². The van der Waals surface area contributed by atoms with Gasteiger partial charge in [-0.3, -0.25) is 0 Å². The van der Waals surface area contributed by atoms with Crippen molar-refractivity contribution >= 4 is 23.2 Å². The van der Waals surface area contributed by atoms with E-state index in [9.17, 15) is 26.3 Å². The highest BCUT2D eigenvalue weighted by molar-refractivity contribution is 6.35. The smallest absolute Gasteiger partial charge is 0.166 e. The number of benzene rings is 1. The molecule has 0 aliphatic rings. The number of halogens is 8. The van der Waals surface area contributed by atoms with E-state index >= 15 is 0 Å². The van der Waals surface area contributed by atoms with Gasteiger partial charge in [0, 0.05) is 5.02 Å². The van der Waals surface area contributed by atoms with Crippen molar-refractivity contribution in [3.63, 3.8) is 0 Å². The van der Waals surface area contributed by atoms with E-state index in [2.05, 4.69) is 0 Å². The quantitative estimate of drug-likeness (QED) is 0.586. The van der Waals surface area contributed by atoms with Crippen LogP contribution in [0.3, 0.4) is 0 Å². The van der Waals surface area contributed by atoms with Crippen molar-refractivity contribution in [2.75, 3.05) is 0 Å². The first-order chi connectivity index (χ1) is 7.03. The van der Waals surface area contributed by atoms with Gasteiger partial charge in [0.2, 0.25) is 0 Å². The largest absolute Gasteiger partial charge is 0.418 e. The van der Waals surface area contributed by atoms with Crippen LogP contribution < -0.4 is 0 Å². The van der Waals surface area contributed by atoms with Gasteiger partial charge in [-0.05, 0) is 12.1 Å². The molecule has 0 aliphatic heterocycles. The molecule has 0 amide bonds. The molecule has 1 aromatic carbocycles. The standard InChI is InChI=1S/C8H2Cl2F6/c9-3-1-4(7(11,12)13)6(5(10)2-3)8(14,15)16/h1-2H. The van der Waals surface area contributed by atoms with E-state index in [1.165, 1.54) is 0 Å². The summed E-state index contributed by atoms with van der Waals surface area (Å²) in [4.78, 5) is 0. The molecule has 1 rings (SSSR count). The number of rotatable bonds is 0. The maximum absolute atomic E-state index is 12.3. The van der Waals surface area contributed by atoms with Crippen LogP contribution in [-0.4, -0.2) is 0 Å². The third-order valence-electron chi connectivity index (χ3n) is 1.64. The van der Waals surface area contributed by atoms with Gasteiger partial charge in [0.15, 0.2) is 0 Å². The van der Waals surface area contributed by atoms with E-state index in [1.54, 1.807) is 0 Å². The lowest BCUT2D eigenvalue weighted by atomic mass is 10.1. The topological polar surface area (TPSA) is 0 Å². The lowest BCUT2D eigenvalue weighted by Gasteiger charge is -2.16. The first kappa shape index (κ1) is 13.4. The highest BCUT2D eigenvalue weighted by Crippen LogP contribution is 2.44. The molecule has 0 heterocycles. The van der Waals surface area contributed by atoms with E-state index in [0.29, 0.717) is 6.07 Å². The van der Waals surface area contributed by atoms with Crippen LogP contribution >= 0.6 is 23.2 Å². The van der Waals surface area contributed by atoms with Crippen molar-refractivity contribution in [2.45, 2.75) is 12.4 Å². The third-order valence-corrected chi connectivity index (χ3v) is 2.16. The monoisotopic (exact) mass is 282 g/mol. The van der Waals surface area contributed by atoms with Crippen LogP contribution in [0.2, 0.25) is 10.0 Å². The van der Waals surface area contributed by atoms with Gasteiger partial charge in [0.1, 0.15) is 0 Å². The summed E-state index contributed by atoms with van der Waals surface area (Å²) < 4.78 is 74.0. The summed E-state index contributed by atoms with van der Waals surface area (Å²) in [5.74, 6) is 0. The average molecular weight is 283 g/mol. The summed E-state index contributed by atoms with van der Waals surface area (Å²) in [6.07, 6.45) is -10.4. The second-order valence-corrected chi connectivity index (χ2v) is 3.65. The first-order valence-corrected chi connectivity index (χ1v) is 4.42. The lowest BCUT2D eigenvalue weighted by molar-refractivity contribution is -0.162. The highest BCUT2D eigenvalue weighted by Gasteiger charge is 2.44. The Kier molecular flexibility index (Phi) is 3.36. The van der Waals surface area contributed by atoms with Crippen molar-refractivity contribution in [3.8, 4) is 0 Å². The molecule has 0 saturated heterocycles. The lowest BCUT2D eigenvalue weighted by Crippen LogP contribution is -2.17. The summed E-state index contributed by atoms with van der Waals surface area (Å²) in [5, 5.41) is -1.59. The summed E-state index contributed by atoms with van der Waals surface area (Å²) in [5.41, 5.74) is -3.82. The maximum Gasteiger partial charge on any atom is 0.418 e. The van der Waals surface area contributed by atoms with Gasteiger partial charge < -0.3 is 0 Å². The molecule has 0 radical (unpaired) electrons. The van der Waals surface area contributed by atoms with E-state index < -0.39 is 33.5 Å². The van der Waals surface area contributed by atoms with Crippen LogP contribution in [0.5, 0.6) is 0 Å². The van der Waals surface area contributed by atoms with Crippen molar-refractivity contribution < 1.29 is 26.3 Å². The van der Waals surface area contributed by atoms with Gasteiger partial charge in [-0.25, -0.2) is 0 Å². The fourth-order valence-electron chi connectivity index (χ4n) is 1.09. The molecule has 0 fully saturated rings. The van der Waals surface area contributed by atoms with E-state index in [1.807, 2.05) is 0 Å². The summed E-state index contributed by atoms with van der Waals surface area (Å²) in [6.45, 7) is 0. The molecule has 0 aromatic heterocycles. The summed E-state index contributed by atoms with van der Waals surface area (Å²) in [7, 11) is 0. The fraction of sp³-hybridized carbons (Fsp3) is 0.250. The number of hydrogen-bond acceptors (Lipinski definition) is 0. The second-order valence-electron chi connectivity index (χ2n) is 2.81. The van der Waals surface area contributed by atoms with E-state index in [0.717, 1.165) is 0 Å². The third kappa shape index (κ3) is 2.74. The Morgan fingerprint density at radius 3 is 1.69 bits per heavy atom. The van der Waals surface area contributed by atoms with Crippen LogP contribution in [0.25, 0.3) is 0 Å². The molecule has 0 atom stereocenters. The molecular weight excluding hydrogens is 281 g/mol. The summed E-state index contributed by atoms with van der Waals surface area (Å²) >= 11 is 10.3. The minimum absolute atomic E-state index is 0.191. The van der Waals surface area contributed by atoms with Crippen LogP contribution in [0.4, 0.5) is 26.3 Å². The zero-order valence-corrected chi connectivity index (χ0v) is 8.69. The van der Waals surface area contributed by atoms with Gasteiger partial charge in [-0.1, -0.05) is 23.2 Å². The van der Waals surface area contributed by atoms with Gasteiger partial charge in [-0.2, -0.15) is 26.3 Å². The molecule has 16 heavy (non-hydrogen) atoms. The van der Waals surface area contributed by atoms with Gasteiger partial charge >= 0.3 is 12.4 Å². The normalized spacial score (nSPS) is 13.0. The van der Waals surface area contributed by atoms with Crippen LogP contribution in [0.1, 0.15) is 11.1 Å². The van der Waals surface area contributed by atoms with Gasteiger partial charge in [0.05, 0.1) is 16.1 Å². The molecule has 1 aromatic rings. The first-order valence-electron chi connectivity index (χ1n) is 3.67. The van der Waals surface area contributed by atoms with E-state index in [4.69, 9.17) is 23.2 Å². The summed E-state index contributed by atoms with van der Waals surface area (Å²) in [6, 6.07) is 0.803. The molecule has 0 unspecified atom stereocenters. The van der Waals surface area contributed by atoms with Gasteiger partial charge in [0.25, 0.3) is 0 Å². The Balaban J connectivity index is 3.58. The molecule has 0 spiro atoms. The second kappa shape index (κ2) is 4.00. The average Bonchev–Trinajstić information content (AvgIpc) is 1.97. The molecule has 0 saturated carbocycles. The van der Waals surface area contributed by atoms with E-state index in [-0.39, 0.29) is 6.07 Å². The molecule has 0 aliphatic carbocycles. The Bertz CT molecular complexity index is 406. The molecule has 0 bridgehead atoms. The highest BCUT2D eigenvalue weighted by atomic mass is 35.5. The van der Waals surface area contributed by atoms with Crippen LogP contribution in [0, 0.1) is 0 Å². The zero-order valence-electron chi connectivity index (χ0n) is 7.18. The molecule has 0 N–H and O–H groups in total. The SMILES string of the molecule is FC(F)(F)c1cc(Cl)cc(Cl)c1C(F)(F)F. The van der Waals surface area contributed by atoms with Gasteiger partial charge in [-0.15, -0.1) is 0 Å². The Labute approximate surface area is 95.8 Å². The molecule has 0 nitrogen and oxygen atoms in total. The number of hydrogen-bond donors (Lipinski definition) is 0. The fourth-order valence-corrected chi connectivity index (χ4v) is 1.69.